The van der Waals surface area contributed by atoms with Gasteiger partial charge in [-0.25, -0.2) is 0 Å². The summed E-state index contributed by atoms with van der Waals surface area (Å²) in [5.41, 5.74) is 2.39. The minimum Gasteiger partial charge on any atom is -0.506 e. The topological polar surface area (TPSA) is 32.3 Å². The van der Waals surface area contributed by atoms with E-state index in [0.29, 0.717) is 10.9 Å². The second-order valence-corrected chi connectivity index (χ2v) is 5.05. The van der Waals surface area contributed by atoms with Crippen LogP contribution in [0.4, 0.5) is 0 Å². The molecule has 0 spiro atoms. The first-order valence-electron chi connectivity index (χ1n) is 5.85. The largest absolute Gasteiger partial charge is 0.506 e. The molecule has 1 aliphatic rings. The van der Waals surface area contributed by atoms with Gasteiger partial charge in [-0.15, -0.1) is 0 Å². The highest BCUT2D eigenvalue weighted by atomic mass is 35.5. The van der Waals surface area contributed by atoms with Crippen molar-refractivity contribution in [3.05, 3.63) is 28.3 Å². The quantitative estimate of drug-likeness (QED) is 0.832. The summed E-state index contributed by atoms with van der Waals surface area (Å²) in [6, 6.07) is 3.66. The number of halogens is 1. The summed E-state index contributed by atoms with van der Waals surface area (Å²) < 4.78 is 0. The summed E-state index contributed by atoms with van der Waals surface area (Å²) in [6.45, 7) is 4.27. The van der Waals surface area contributed by atoms with Gasteiger partial charge in [0.1, 0.15) is 5.75 Å². The molecule has 0 amide bonds. The lowest BCUT2D eigenvalue weighted by Gasteiger charge is -2.23. The summed E-state index contributed by atoms with van der Waals surface area (Å²) in [5, 5.41) is 13.4. The Bertz CT molecular complexity index is 372. The highest BCUT2D eigenvalue weighted by molar-refractivity contribution is 6.32. The summed E-state index contributed by atoms with van der Waals surface area (Å²) >= 11 is 5.94. The van der Waals surface area contributed by atoms with Crippen LogP contribution in [-0.2, 0) is 6.42 Å². The van der Waals surface area contributed by atoms with E-state index in [4.69, 9.17) is 11.6 Å². The zero-order chi connectivity index (χ0) is 11.5. The molecule has 16 heavy (non-hydrogen) atoms. The second-order valence-electron chi connectivity index (χ2n) is 4.65. The van der Waals surface area contributed by atoms with E-state index in [-0.39, 0.29) is 5.75 Å². The maximum atomic E-state index is 9.49. The predicted molar refractivity (Wildman–Crippen MR) is 67.2 cm³/mol. The van der Waals surface area contributed by atoms with E-state index < -0.39 is 0 Å². The van der Waals surface area contributed by atoms with E-state index in [2.05, 4.69) is 5.32 Å². The van der Waals surface area contributed by atoms with Crippen LogP contribution in [0.5, 0.6) is 5.75 Å². The Morgan fingerprint density at radius 1 is 1.50 bits per heavy atom. The number of rotatable bonds is 2. The van der Waals surface area contributed by atoms with Crippen LogP contribution in [0.25, 0.3) is 0 Å². The van der Waals surface area contributed by atoms with Crippen molar-refractivity contribution >= 4 is 11.6 Å². The van der Waals surface area contributed by atoms with E-state index in [1.807, 2.05) is 13.0 Å². The van der Waals surface area contributed by atoms with Gasteiger partial charge in [-0.05, 0) is 68.5 Å². The van der Waals surface area contributed by atoms with Crippen LogP contribution in [0.2, 0.25) is 5.02 Å². The number of phenolic OH excluding ortho intramolecular Hbond substituents is 1. The van der Waals surface area contributed by atoms with Crippen molar-refractivity contribution in [1.29, 1.82) is 0 Å². The Hall–Kier alpha value is -0.730. The van der Waals surface area contributed by atoms with Gasteiger partial charge in [-0.1, -0.05) is 11.6 Å². The number of benzene rings is 1. The van der Waals surface area contributed by atoms with E-state index in [1.54, 1.807) is 6.07 Å². The molecular weight excluding hydrogens is 222 g/mol. The standard InChI is InChI=1S/C13H18ClNO/c1-9-5-13(16)12(14)7-11(9)6-10-3-2-4-15-8-10/h5,7,10,15-16H,2-4,6,8H2,1H3. The number of hydrogen-bond acceptors (Lipinski definition) is 2. The van der Waals surface area contributed by atoms with Crippen LogP contribution in [-0.4, -0.2) is 18.2 Å². The van der Waals surface area contributed by atoms with E-state index in [9.17, 15) is 5.11 Å². The van der Waals surface area contributed by atoms with E-state index >= 15 is 0 Å². The van der Waals surface area contributed by atoms with Gasteiger partial charge in [0.15, 0.2) is 0 Å². The van der Waals surface area contributed by atoms with Gasteiger partial charge >= 0.3 is 0 Å². The molecule has 1 atom stereocenters. The number of aromatic hydroxyl groups is 1. The average Bonchev–Trinajstić information content (AvgIpc) is 2.27. The Labute approximate surface area is 102 Å². The molecular formula is C13H18ClNO. The highest BCUT2D eigenvalue weighted by Crippen LogP contribution is 2.28. The number of piperidine rings is 1. The molecule has 1 aliphatic heterocycles. The molecule has 1 fully saturated rings. The molecule has 2 nitrogen and oxygen atoms in total. The fourth-order valence-electron chi connectivity index (χ4n) is 2.34. The van der Waals surface area contributed by atoms with Crippen molar-refractivity contribution in [3.8, 4) is 5.75 Å². The molecule has 88 valence electrons. The van der Waals surface area contributed by atoms with Crippen LogP contribution < -0.4 is 5.32 Å². The first kappa shape index (κ1) is 11.7. The summed E-state index contributed by atoms with van der Waals surface area (Å²) in [5.74, 6) is 0.887. The van der Waals surface area contributed by atoms with Crippen molar-refractivity contribution < 1.29 is 5.11 Å². The Morgan fingerprint density at radius 2 is 2.31 bits per heavy atom. The minimum atomic E-state index is 0.185. The highest BCUT2D eigenvalue weighted by Gasteiger charge is 2.15. The van der Waals surface area contributed by atoms with E-state index in [0.717, 1.165) is 25.1 Å². The average molecular weight is 240 g/mol. The molecule has 3 heteroatoms. The molecule has 1 unspecified atom stereocenters. The molecule has 0 bridgehead atoms. The Kier molecular flexibility index (Phi) is 3.72. The minimum absolute atomic E-state index is 0.185. The SMILES string of the molecule is Cc1cc(O)c(Cl)cc1CC1CCCNC1. The van der Waals surface area contributed by atoms with Gasteiger partial charge in [-0.3, -0.25) is 0 Å². The van der Waals surface area contributed by atoms with Gasteiger partial charge in [0.2, 0.25) is 0 Å². The molecule has 0 aromatic heterocycles. The fraction of sp³-hybridized carbons (Fsp3) is 0.538. The predicted octanol–water partition coefficient (Wildman–Crippen LogP) is 2.90. The Morgan fingerprint density at radius 3 is 3.00 bits per heavy atom. The Balaban J connectivity index is 2.11. The number of nitrogens with one attached hydrogen (secondary N) is 1. The smallest absolute Gasteiger partial charge is 0.134 e. The van der Waals surface area contributed by atoms with Crippen molar-refractivity contribution in [2.45, 2.75) is 26.2 Å². The zero-order valence-electron chi connectivity index (χ0n) is 9.59. The summed E-state index contributed by atoms with van der Waals surface area (Å²) in [6.07, 6.45) is 3.60. The maximum Gasteiger partial charge on any atom is 0.134 e. The molecule has 1 aromatic carbocycles. The molecule has 1 aromatic rings. The monoisotopic (exact) mass is 239 g/mol. The van der Waals surface area contributed by atoms with Gasteiger partial charge in [0, 0.05) is 0 Å². The fourth-order valence-corrected chi connectivity index (χ4v) is 2.52. The molecule has 2 N–H and O–H groups in total. The summed E-state index contributed by atoms with van der Waals surface area (Å²) in [7, 11) is 0. The third-order valence-corrected chi connectivity index (χ3v) is 3.62. The van der Waals surface area contributed by atoms with Crippen LogP contribution in [0.15, 0.2) is 12.1 Å². The second kappa shape index (κ2) is 5.07. The zero-order valence-corrected chi connectivity index (χ0v) is 10.3. The van der Waals surface area contributed by atoms with Gasteiger partial charge < -0.3 is 10.4 Å². The van der Waals surface area contributed by atoms with Crippen molar-refractivity contribution in [2.24, 2.45) is 5.92 Å². The number of hydrogen-bond donors (Lipinski definition) is 2. The molecule has 0 radical (unpaired) electrons. The van der Waals surface area contributed by atoms with Crippen LogP contribution in [0, 0.1) is 12.8 Å². The van der Waals surface area contributed by atoms with Gasteiger partial charge in [0.25, 0.3) is 0 Å². The molecule has 0 saturated carbocycles. The first-order valence-corrected chi connectivity index (χ1v) is 6.23. The van der Waals surface area contributed by atoms with Crippen molar-refractivity contribution in [3.63, 3.8) is 0 Å². The van der Waals surface area contributed by atoms with Gasteiger partial charge in [0.05, 0.1) is 5.02 Å². The van der Waals surface area contributed by atoms with Crippen LogP contribution >= 0.6 is 11.6 Å². The number of phenols is 1. The third kappa shape index (κ3) is 2.69. The number of aryl methyl sites for hydroxylation is 1. The van der Waals surface area contributed by atoms with Crippen molar-refractivity contribution in [2.75, 3.05) is 13.1 Å². The third-order valence-electron chi connectivity index (χ3n) is 3.31. The van der Waals surface area contributed by atoms with E-state index in [1.165, 1.54) is 18.4 Å². The normalized spacial score (nSPS) is 21.0. The van der Waals surface area contributed by atoms with Crippen molar-refractivity contribution in [1.82, 2.24) is 5.32 Å². The molecule has 1 saturated heterocycles. The molecule has 2 rings (SSSR count). The van der Waals surface area contributed by atoms with Crippen LogP contribution in [0.3, 0.4) is 0 Å². The molecule has 0 aliphatic carbocycles. The lowest BCUT2D eigenvalue weighted by molar-refractivity contribution is 0.375. The maximum absolute atomic E-state index is 9.49. The lowest BCUT2D eigenvalue weighted by atomic mass is 9.90. The first-order chi connectivity index (χ1) is 7.66. The van der Waals surface area contributed by atoms with Crippen LogP contribution in [0.1, 0.15) is 24.0 Å². The molecule has 1 heterocycles. The lowest BCUT2D eigenvalue weighted by Crippen LogP contribution is -2.30. The summed E-state index contributed by atoms with van der Waals surface area (Å²) in [4.78, 5) is 0. The van der Waals surface area contributed by atoms with Gasteiger partial charge in [-0.2, -0.15) is 0 Å².